The van der Waals surface area contributed by atoms with Crippen LogP contribution in [0.3, 0.4) is 0 Å². The van der Waals surface area contributed by atoms with Crippen LogP contribution in [0.15, 0.2) is 0 Å². The molecule has 0 heterocycles. The summed E-state index contributed by atoms with van der Waals surface area (Å²) >= 11 is 0. The number of hydrogen-bond donors (Lipinski definition) is 1. The van der Waals surface area contributed by atoms with Gasteiger partial charge in [-0.2, -0.15) is 0 Å². The summed E-state index contributed by atoms with van der Waals surface area (Å²) in [7, 11) is 0. The first-order chi connectivity index (χ1) is 8.58. The van der Waals surface area contributed by atoms with E-state index in [1.165, 1.54) is 25.7 Å². The van der Waals surface area contributed by atoms with Gasteiger partial charge in [-0.25, -0.2) is 0 Å². The Morgan fingerprint density at radius 1 is 1.05 bits per heavy atom. The zero-order valence-corrected chi connectivity index (χ0v) is 14.2. The van der Waals surface area contributed by atoms with E-state index in [1.807, 2.05) is 0 Å². The van der Waals surface area contributed by atoms with Crippen LogP contribution in [0.5, 0.6) is 0 Å². The molecule has 1 saturated carbocycles. The summed E-state index contributed by atoms with van der Waals surface area (Å²) < 4.78 is 6.16. The highest BCUT2D eigenvalue weighted by molar-refractivity contribution is 4.93. The predicted octanol–water partition coefficient (Wildman–Crippen LogP) is 4.39. The van der Waals surface area contributed by atoms with Crippen molar-refractivity contribution in [1.29, 1.82) is 0 Å². The summed E-state index contributed by atoms with van der Waals surface area (Å²) in [5.74, 6) is 0.843. The first-order valence-corrected chi connectivity index (χ1v) is 7.97. The highest BCUT2D eigenvalue weighted by Gasteiger charge is 2.39. The van der Waals surface area contributed by atoms with Crippen molar-refractivity contribution >= 4 is 0 Å². The molecule has 114 valence electrons. The van der Waals surface area contributed by atoms with Gasteiger partial charge in [0, 0.05) is 18.7 Å². The summed E-state index contributed by atoms with van der Waals surface area (Å²) in [5, 5.41) is 3.65. The van der Waals surface area contributed by atoms with Crippen molar-refractivity contribution in [2.75, 3.05) is 13.2 Å². The molecule has 0 amide bonds. The fraction of sp³-hybridized carbons (Fsp3) is 1.00. The summed E-state index contributed by atoms with van der Waals surface area (Å²) in [5.41, 5.74) is 0.685. The topological polar surface area (TPSA) is 21.3 Å². The van der Waals surface area contributed by atoms with Crippen LogP contribution in [0.1, 0.15) is 74.1 Å². The molecular weight excluding hydrogens is 234 g/mol. The SMILES string of the molecule is CCOC1(CNC(C)(C)C)CCC(C(C)(C)C)CC1. The van der Waals surface area contributed by atoms with Gasteiger partial charge in [0.2, 0.25) is 0 Å². The monoisotopic (exact) mass is 269 g/mol. The van der Waals surface area contributed by atoms with Gasteiger partial charge in [0.1, 0.15) is 0 Å². The molecule has 0 aliphatic heterocycles. The van der Waals surface area contributed by atoms with Crippen LogP contribution in [-0.4, -0.2) is 24.3 Å². The molecule has 19 heavy (non-hydrogen) atoms. The lowest BCUT2D eigenvalue weighted by Gasteiger charge is -2.45. The minimum absolute atomic E-state index is 0.0732. The van der Waals surface area contributed by atoms with E-state index in [4.69, 9.17) is 4.74 Å². The van der Waals surface area contributed by atoms with E-state index in [9.17, 15) is 0 Å². The van der Waals surface area contributed by atoms with E-state index in [1.54, 1.807) is 0 Å². The van der Waals surface area contributed by atoms with Crippen LogP contribution in [0.4, 0.5) is 0 Å². The van der Waals surface area contributed by atoms with Crippen LogP contribution >= 0.6 is 0 Å². The molecule has 0 aromatic rings. The number of nitrogens with one attached hydrogen (secondary N) is 1. The van der Waals surface area contributed by atoms with Crippen LogP contribution in [0.25, 0.3) is 0 Å². The molecule has 0 radical (unpaired) electrons. The van der Waals surface area contributed by atoms with Gasteiger partial charge in [-0.15, -0.1) is 0 Å². The standard InChI is InChI=1S/C17H35NO/c1-8-19-17(13-18-16(5,6)7)11-9-14(10-12-17)15(2,3)4/h14,18H,8-13H2,1-7H3. The Morgan fingerprint density at radius 3 is 1.95 bits per heavy atom. The lowest BCUT2D eigenvalue weighted by atomic mass is 9.68. The van der Waals surface area contributed by atoms with E-state index in [0.29, 0.717) is 5.41 Å². The molecule has 0 bridgehead atoms. The quantitative estimate of drug-likeness (QED) is 0.817. The molecule has 1 aliphatic rings. The molecule has 0 saturated heterocycles. The molecule has 2 nitrogen and oxygen atoms in total. The average molecular weight is 269 g/mol. The minimum atomic E-state index is 0.0732. The molecule has 0 aromatic heterocycles. The van der Waals surface area contributed by atoms with Crippen molar-refractivity contribution in [1.82, 2.24) is 5.32 Å². The maximum absolute atomic E-state index is 6.16. The Balaban J connectivity index is 2.61. The maximum Gasteiger partial charge on any atom is 0.0806 e. The van der Waals surface area contributed by atoms with E-state index in [2.05, 4.69) is 53.8 Å². The fourth-order valence-electron chi connectivity index (χ4n) is 3.11. The van der Waals surface area contributed by atoms with Crippen molar-refractivity contribution in [3.05, 3.63) is 0 Å². The average Bonchev–Trinajstić information content (AvgIpc) is 2.26. The largest absolute Gasteiger partial charge is 0.374 e. The van der Waals surface area contributed by atoms with Crippen molar-refractivity contribution in [3.63, 3.8) is 0 Å². The van der Waals surface area contributed by atoms with Crippen molar-refractivity contribution < 1.29 is 4.74 Å². The number of hydrogen-bond acceptors (Lipinski definition) is 2. The Hall–Kier alpha value is -0.0800. The van der Waals surface area contributed by atoms with Gasteiger partial charge in [0.05, 0.1) is 5.60 Å². The van der Waals surface area contributed by atoms with Gasteiger partial charge in [-0.1, -0.05) is 20.8 Å². The van der Waals surface area contributed by atoms with E-state index in [0.717, 1.165) is 19.1 Å². The molecule has 1 rings (SSSR count). The van der Waals surface area contributed by atoms with E-state index < -0.39 is 0 Å². The van der Waals surface area contributed by atoms with Crippen LogP contribution in [0, 0.1) is 11.3 Å². The second kappa shape index (κ2) is 6.13. The molecule has 2 heteroatoms. The maximum atomic E-state index is 6.16. The van der Waals surface area contributed by atoms with Gasteiger partial charge in [0.25, 0.3) is 0 Å². The predicted molar refractivity (Wildman–Crippen MR) is 83.5 cm³/mol. The third-order valence-electron chi connectivity index (χ3n) is 4.51. The molecule has 0 atom stereocenters. The lowest BCUT2D eigenvalue weighted by molar-refractivity contribution is -0.0822. The van der Waals surface area contributed by atoms with Gasteiger partial charge >= 0.3 is 0 Å². The zero-order chi connectivity index (χ0) is 14.7. The Labute approximate surface area is 120 Å². The Bertz CT molecular complexity index is 264. The van der Waals surface area contributed by atoms with Gasteiger partial charge < -0.3 is 10.1 Å². The zero-order valence-electron chi connectivity index (χ0n) is 14.2. The summed E-state index contributed by atoms with van der Waals surface area (Å²) in [6.45, 7) is 17.7. The fourth-order valence-corrected chi connectivity index (χ4v) is 3.11. The number of ether oxygens (including phenoxy) is 1. The van der Waals surface area contributed by atoms with E-state index >= 15 is 0 Å². The van der Waals surface area contributed by atoms with Crippen molar-refractivity contribution in [2.24, 2.45) is 11.3 Å². The van der Waals surface area contributed by atoms with Crippen molar-refractivity contribution in [2.45, 2.75) is 85.3 Å². The van der Waals surface area contributed by atoms with E-state index in [-0.39, 0.29) is 11.1 Å². The minimum Gasteiger partial charge on any atom is -0.374 e. The highest BCUT2D eigenvalue weighted by atomic mass is 16.5. The molecule has 0 spiro atoms. The molecular formula is C17H35NO. The first kappa shape index (κ1) is 17.0. The Morgan fingerprint density at radius 2 is 1.58 bits per heavy atom. The first-order valence-electron chi connectivity index (χ1n) is 7.97. The lowest BCUT2D eigenvalue weighted by Crippen LogP contribution is -2.51. The third kappa shape index (κ3) is 5.43. The van der Waals surface area contributed by atoms with Gasteiger partial charge in [0.15, 0.2) is 0 Å². The smallest absolute Gasteiger partial charge is 0.0806 e. The van der Waals surface area contributed by atoms with Gasteiger partial charge in [-0.05, 0) is 64.7 Å². The summed E-state index contributed by atoms with van der Waals surface area (Å²) in [4.78, 5) is 0. The third-order valence-corrected chi connectivity index (χ3v) is 4.51. The second-order valence-corrected chi connectivity index (χ2v) is 8.36. The van der Waals surface area contributed by atoms with Crippen LogP contribution < -0.4 is 5.32 Å². The van der Waals surface area contributed by atoms with Crippen LogP contribution in [0.2, 0.25) is 0 Å². The summed E-state index contributed by atoms with van der Waals surface area (Å²) in [6, 6.07) is 0. The second-order valence-electron chi connectivity index (χ2n) is 8.36. The Kier molecular flexibility index (Phi) is 5.48. The molecule has 0 unspecified atom stereocenters. The molecule has 1 fully saturated rings. The number of rotatable bonds is 4. The normalized spacial score (nSPS) is 29.5. The van der Waals surface area contributed by atoms with Crippen LogP contribution in [-0.2, 0) is 4.74 Å². The molecule has 1 aliphatic carbocycles. The molecule has 1 N–H and O–H groups in total. The van der Waals surface area contributed by atoms with Gasteiger partial charge in [-0.3, -0.25) is 0 Å². The molecule has 0 aromatic carbocycles. The summed E-state index contributed by atoms with van der Waals surface area (Å²) in [6.07, 6.45) is 5.00. The van der Waals surface area contributed by atoms with Crippen molar-refractivity contribution in [3.8, 4) is 0 Å². The highest BCUT2D eigenvalue weighted by Crippen LogP contribution is 2.42.